The standard InChI is InChI=1S/C24H26F2/c1-3-5-6-8-23(25)24(26)22-17-15-21(16-18-22)14-13-20-11-9-19(7-4-2)10-12-20/h9-12,15-18H,3-8H2,1-2H3/b24-23+. The third-order valence-corrected chi connectivity index (χ3v) is 4.22. The van der Waals surface area contributed by atoms with Gasteiger partial charge in [0.05, 0.1) is 0 Å². The van der Waals surface area contributed by atoms with Crippen LogP contribution in [0.15, 0.2) is 54.4 Å². The first-order chi connectivity index (χ1) is 12.6. The number of rotatable bonds is 7. The second kappa shape index (κ2) is 10.6. The largest absolute Gasteiger partial charge is 0.209 e. The fourth-order valence-corrected chi connectivity index (χ4v) is 2.68. The highest BCUT2D eigenvalue weighted by molar-refractivity contribution is 5.62. The molecule has 0 atom stereocenters. The Morgan fingerprint density at radius 2 is 1.35 bits per heavy atom. The number of aryl methyl sites for hydroxylation is 1. The lowest BCUT2D eigenvalue weighted by Crippen LogP contribution is -1.86. The summed E-state index contributed by atoms with van der Waals surface area (Å²) in [6.07, 6.45) is 4.94. The SMILES string of the molecule is CCCCC/C(F)=C(\F)c1ccc(C#Cc2ccc(CCC)cc2)cc1. The molecule has 0 heterocycles. The van der Waals surface area contributed by atoms with Gasteiger partial charge in [0.15, 0.2) is 5.83 Å². The van der Waals surface area contributed by atoms with Gasteiger partial charge in [-0.3, -0.25) is 0 Å². The van der Waals surface area contributed by atoms with Crippen LogP contribution >= 0.6 is 0 Å². The zero-order valence-electron chi connectivity index (χ0n) is 15.6. The number of benzene rings is 2. The van der Waals surface area contributed by atoms with Gasteiger partial charge in [0.25, 0.3) is 0 Å². The third kappa shape index (κ3) is 6.15. The average molecular weight is 352 g/mol. The van der Waals surface area contributed by atoms with Gasteiger partial charge in [-0.2, -0.15) is 0 Å². The van der Waals surface area contributed by atoms with E-state index in [0.29, 0.717) is 6.42 Å². The third-order valence-electron chi connectivity index (χ3n) is 4.22. The van der Waals surface area contributed by atoms with Crippen molar-refractivity contribution in [3.05, 3.63) is 76.6 Å². The summed E-state index contributed by atoms with van der Waals surface area (Å²) < 4.78 is 27.9. The molecule has 2 aromatic carbocycles. The maximum absolute atomic E-state index is 14.1. The van der Waals surface area contributed by atoms with Crippen molar-refractivity contribution < 1.29 is 8.78 Å². The Kier molecular flexibility index (Phi) is 8.09. The maximum atomic E-state index is 14.1. The lowest BCUT2D eigenvalue weighted by molar-refractivity contribution is 0.541. The highest BCUT2D eigenvalue weighted by Gasteiger charge is 2.08. The fraction of sp³-hybridized carbons (Fsp3) is 0.333. The van der Waals surface area contributed by atoms with E-state index in [4.69, 9.17) is 0 Å². The Hall–Kier alpha value is -2.40. The van der Waals surface area contributed by atoms with Crippen LogP contribution in [-0.2, 0) is 6.42 Å². The molecule has 0 fully saturated rings. The molecule has 0 saturated carbocycles. The second-order valence-corrected chi connectivity index (χ2v) is 6.45. The highest BCUT2D eigenvalue weighted by atomic mass is 19.2. The lowest BCUT2D eigenvalue weighted by Gasteiger charge is -2.02. The van der Waals surface area contributed by atoms with Crippen LogP contribution in [-0.4, -0.2) is 0 Å². The average Bonchev–Trinajstić information content (AvgIpc) is 2.67. The number of allylic oxidation sites excluding steroid dienone is 1. The van der Waals surface area contributed by atoms with Crippen LogP contribution in [0.4, 0.5) is 8.78 Å². The Labute approximate surface area is 156 Å². The highest BCUT2D eigenvalue weighted by Crippen LogP contribution is 2.25. The van der Waals surface area contributed by atoms with Gasteiger partial charge in [0.1, 0.15) is 5.83 Å². The van der Waals surface area contributed by atoms with Gasteiger partial charge in [-0.1, -0.05) is 69.2 Å². The number of unbranched alkanes of at least 4 members (excludes halogenated alkanes) is 2. The Morgan fingerprint density at radius 1 is 0.769 bits per heavy atom. The lowest BCUT2D eigenvalue weighted by atomic mass is 10.1. The van der Waals surface area contributed by atoms with E-state index in [1.807, 2.05) is 19.1 Å². The first-order valence-corrected chi connectivity index (χ1v) is 9.39. The summed E-state index contributed by atoms with van der Waals surface area (Å²) in [4.78, 5) is 0. The van der Waals surface area contributed by atoms with Gasteiger partial charge in [-0.25, -0.2) is 8.78 Å². The zero-order chi connectivity index (χ0) is 18.8. The first kappa shape index (κ1) is 19.9. The van der Waals surface area contributed by atoms with Gasteiger partial charge in [0.2, 0.25) is 0 Å². The van der Waals surface area contributed by atoms with E-state index in [2.05, 4.69) is 30.9 Å². The van der Waals surface area contributed by atoms with Crippen LogP contribution in [0.2, 0.25) is 0 Å². The van der Waals surface area contributed by atoms with Gasteiger partial charge < -0.3 is 0 Å². The topological polar surface area (TPSA) is 0 Å². The van der Waals surface area contributed by atoms with Crippen LogP contribution in [0.1, 0.15) is 68.2 Å². The normalized spacial score (nSPS) is 11.5. The molecule has 2 rings (SSSR count). The van der Waals surface area contributed by atoms with E-state index in [1.54, 1.807) is 24.3 Å². The molecule has 0 nitrogen and oxygen atoms in total. The summed E-state index contributed by atoms with van der Waals surface area (Å²) in [5.74, 6) is 4.75. The quantitative estimate of drug-likeness (QED) is 0.364. The number of hydrogen-bond acceptors (Lipinski definition) is 0. The summed E-state index contributed by atoms with van der Waals surface area (Å²) in [7, 11) is 0. The molecule has 0 spiro atoms. The maximum Gasteiger partial charge on any atom is 0.161 e. The molecule has 0 radical (unpaired) electrons. The van der Waals surface area contributed by atoms with E-state index in [-0.39, 0.29) is 12.0 Å². The summed E-state index contributed by atoms with van der Waals surface area (Å²) in [5, 5.41) is 0. The van der Waals surface area contributed by atoms with Crippen molar-refractivity contribution in [2.24, 2.45) is 0 Å². The summed E-state index contributed by atoms with van der Waals surface area (Å²) in [6.45, 7) is 4.20. The predicted octanol–water partition coefficient (Wildman–Crippen LogP) is 7.23. The summed E-state index contributed by atoms with van der Waals surface area (Å²) in [6, 6.07) is 14.8. The molecular weight excluding hydrogens is 326 g/mol. The number of halogens is 2. The van der Waals surface area contributed by atoms with E-state index < -0.39 is 11.7 Å². The molecule has 0 unspecified atom stereocenters. The van der Waals surface area contributed by atoms with Gasteiger partial charge >= 0.3 is 0 Å². The van der Waals surface area contributed by atoms with Crippen LogP contribution in [0.3, 0.4) is 0 Å². The van der Waals surface area contributed by atoms with Crippen LogP contribution < -0.4 is 0 Å². The van der Waals surface area contributed by atoms with E-state index in [0.717, 1.165) is 36.8 Å². The minimum absolute atomic E-state index is 0.162. The minimum atomic E-state index is -0.757. The number of hydrogen-bond donors (Lipinski definition) is 0. The second-order valence-electron chi connectivity index (χ2n) is 6.45. The van der Waals surface area contributed by atoms with Gasteiger partial charge in [-0.15, -0.1) is 0 Å². The molecule has 136 valence electrons. The van der Waals surface area contributed by atoms with Crippen molar-refractivity contribution >= 4 is 5.83 Å². The molecule has 0 N–H and O–H groups in total. The van der Waals surface area contributed by atoms with Crippen molar-refractivity contribution in [3.8, 4) is 11.8 Å². The Morgan fingerprint density at radius 3 is 1.88 bits per heavy atom. The molecular formula is C24H26F2. The molecule has 2 heteroatoms. The molecule has 0 bridgehead atoms. The van der Waals surface area contributed by atoms with Crippen molar-refractivity contribution in [3.63, 3.8) is 0 Å². The monoisotopic (exact) mass is 352 g/mol. The zero-order valence-corrected chi connectivity index (χ0v) is 15.6. The van der Waals surface area contributed by atoms with Crippen LogP contribution in [0, 0.1) is 11.8 Å². The van der Waals surface area contributed by atoms with E-state index >= 15 is 0 Å². The van der Waals surface area contributed by atoms with Crippen LogP contribution in [0.25, 0.3) is 5.83 Å². The summed E-state index contributed by atoms with van der Waals surface area (Å²) in [5.41, 5.74) is 3.31. The van der Waals surface area contributed by atoms with Gasteiger partial charge in [-0.05, 0) is 42.7 Å². The van der Waals surface area contributed by atoms with Crippen molar-refractivity contribution in [1.29, 1.82) is 0 Å². The molecule has 0 aromatic heterocycles. The summed E-state index contributed by atoms with van der Waals surface area (Å²) >= 11 is 0. The minimum Gasteiger partial charge on any atom is -0.209 e. The van der Waals surface area contributed by atoms with Crippen molar-refractivity contribution in [2.75, 3.05) is 0 Å². The first-order valence-electron chi connectivity index (χ1n) is 9.39. The van der Waals surface area contributed by atoms with Gasteiger partial charge in [0, 0.05) is 23.1 Å². The van der Waals surface area contributed by atoms with E-state index in [1.165, 1.54) is 5.56 Å². The van der Waals surface area contributed by atoms with Crippen molar-refractivity contribution in [1.82, 2.24) is 0 Å². The Bertz CT molecular complexity index is 772. The molecule has 0 aliphatic heterocycles. The smallest absolute Gasteiger partial charge is 0.161 e. The van der Waals surface area contributed by atoms with Crippen LogP contribution in [0.5, 0.6) is 0 Å². The molecule has 0 amide bonds. The molecule has 0 saturated heterocycles. The van der Waals surface area contributed by atoms with E-state index in [9.17, 15) is 8.78 Å². The molecule has 2 aromatic rings. The molecule has 0 aliphatic rings. The van der Waals surface area contributed by atoms with Crippen molar-refractivity contribution in [2.45, 2.75) is 52.4 Å². The molecule has 0 aliphatic carbocycles. The Balaban J connectivity index is 2.04. The fourth-order valence-electron chi connectivity index (χ4n) is 2.68. The molecule has 26 heavy (non-hydrogen) atoms. The predicted molar refractivity (Wildman–Crippen MR) is 106 cm³/mol.